The summed E-state index contributed by atoms with van der Waals surface area (Å²) in [7, 11) is 0. The maximum Gasteiger partial charge on any atom is 0.315 e. The predicted molar refractivity (Wildman–Crippen MR) is 65.2 cm³/mol. The van der Waals surface area contributed by atoms with Gasteiger partial charge in [-0.2, -0.15) is 0 Å². The molecule has 0 saturated carbocycles. The summed E-state index contributed by atoms with van der Waals surface area (Å²) in [6, 6.07) is -0.189. The number of aryl methyl sites for hydroxylation is 2. The minimum Gasteiger partial charge on any atom is -0.376 e. The lowest BCUT2D eigenvalue weighted by molar-refractivity contribution is 0.111. The number of amides is 2. The first-order valence-corrected chi connectivity index (χ1v) is 6.22. The van der Waals surface area contributed by atoms with Crippen molar-refractivity contribution in [1.29, 1.82) is 0 Å². The Balaban J connectivity index is 1.71. The molecule has 0 radical (unpaired) electrons. The number of carbonyl (C=O) groups excluding carboxylic acids is 1. The molecule has 0 aliphatic carbocycles. The molecular formula is C12H19N3O3. The molecule has 1 aromatic rings. The van der Waals surface area contributed by atoms with Gasteiger partial charge < -0.3 is 19.9 Å². The second kappa shape index (κ2) is 5.86. The number of carbonyl (C=O) groups is 1. The molecule has 2 heterocycles. The number of hydrogen-bond acceptors (Lipinski definition) is 4. The number of nitrogens with one attached hydrogen (secondary N) is 2. The molecule has 1 fully saturated rings. The first-order valence-electron chi connectivity index (χ1n) is 6.22. The quantitative estimate of drug-likeness (QED) is 0.847. The van der Waals surface area contributed by atoms with Crippen LogP contribution in [-0.2, 0) is 11.3 Å². The average Bonchev–Trinajstić information content (AvgIpc) is 2.96. The SMILES string of the molecule is Cc1noc(C)c1CNC(=O)NC[C@@H]1CCCO1. The Bertz CT molecular complexity index is 391. The molecule has 6 heteroatoms. The van der Waals surface area contributed by atoms with E-state index in [1.165, 1.54) is 0 Å². The third-order valence-corrected chi connectivity index (χ3v) is 3.12. The summed E-state index contributed by atoms with van der Waals surface area (Å²) < 4.78 is 10.5. The van der Waals surface area contributed by atoms with Crippen LogP contribution in [0.15, 0.2) is 4.52 Å². The normalized spacial score (nSPS) is 18.9. The molecule has 1 atom stereocenters. The highest BCUT2D eigenvalue weighted by Gasteiger charge is 2.16. The Morgan fingerprint density at radius 2 is 2.28 bits per heavy atom. The Morgan fingerprint density at radius 1 is 1.44 bits per heavy atom. The van der Waals surface area contributed by atoms with Crippen molar-refractivity contribution >= 4 is 6.03 Å². The highest BCUT2D eigenvalue weighted by molar-refractivity contribution is 5.73. The fourth-order valence-electron chi connectivity index (χ4n) is 2.00. The van der Waals surface area contributed by atoms with Gasteiger partial charge in [0.15, 0.2) is 0 Å². The van der Waals surface area contributed by atoms with Gasteiger partial charge in [-0.15, -0.1) is 0 Å². The third-order valence-electron chi connectivity index (χ3n) is 3.12. The van der Waals surface area contributed by atoms with E-state index in [1.807, 2.05) is 13.8 Å². The molecule has 2 rings (SSSR count). The Morgan fingerprint density at radius 3 is 2.89 bits per heavy atom. The van der Waals surface area contributed by atoms with E-state index in [0.717, 1.165) is 36.5 Å². The topological polar surface area (TPSA) is 76.4 Å². The lowest BCUT2D eigenvalue weighted by Gasteiger charge is -2.11. The monoisotopic (exact) mass is 253 g/mol. The smallest absolute Gasteiger partial charge is 0.315 e. The van der Waals surface area contributed by atoms with Crippen molar-refractivity contribution in [3.8, 4) is 0 Å². The van der Waals surface area contributed by atoms with Crippen LogP contribution < -0.4 is 10.6 Å². The van der Waals surface area contributed by atoms with Gasteiger partial charge in [-0.3, -0.25) is 0 Å². The van der Waals surface area contributed by atoms with Crippen LogP contribution in [0.1, 0.15) is 29.9 Å². The molecule has 1 saturated heterocycles. The largest absolute Gasteiger partial charge is 0.376 e. The van der Waals surface area contributed by atoms with Gasteiger partial charge in [0, 0.05) is 25.3 Å². The van der Waals surface area contributed by atoms with Crippen molar-refractivity contribution in [3.05, 3.63) is 17.0 Å². The number of hydrogen-bond donors (Lipinski definition) is 2. The standard InChI is InChI=1S/C12H19N3O3/c1-8-11(9(2)18-15-8)7-14-12(16)13-6-10-4-3-5-17-10/h10H,3-7H2,1-2H3,(H2,13,14,16)/t10-/m0/s1. The Labute approximate surface area is 106 Å². The second-order valence-corrected chi connectivity index (χ2v) is 4.50. The predicted octanol–water partition coefficient (Wildman–Crippen LogP) is 1.27. The van der Waals surface area contributed by atoms with Crippen LogP contribution in [0.5, 0.6) is 0 Å². The zero-order valence-electron chi connectivity index (χ0n) is 10.8. The summed E-state index contributed by atoms with van der Waals surface area (Å²) in [4.78, 5) is 11.6. The fourth-order valence-corrected chi connectivity index (χ4v) is 2.00. The van der Waals surface area contributed by atoms with Gasteiger partial charge in [0.25, 0.3) is 0 Å². The second-order valence-electron chi connectivity index (χ2n) is 4.50. The van der Waals surface area contributed by atoms with Crippen molar-refractivity contribution < 1.29 is 14.1 Å². The molecule has 6 nitrogen and oxygen atoms in total. The van der Waals surface area contributed by atoms with E-state index in [0.29, 0.717) is 13.1 Å². The minimum atomic E-state index is -0.189. The van der Waals surface area contributed by atoms with Gasteiger partial charge in [0.05, 0.1) is 11.8 Å². The summed E-state index contributed by atoms with van der Waals surface area (Å²) >= 11 is 0. The minimum absolute atomic E-state index is 0.162. The van der Waals surface area contributed by atoms with Gasteiger partial charge in [-0.05, 0) is 26.7 Å². The van der Waals surface area contributed by atoms with Crippen molar-refractivity contribution in [2.24, 2.45) is 0 Å². The van der Waals surface area contributed by atoms with Gasteiger partial charge in [0.1, 0.15) is 5.76 Å². The number of urea groups is 1. The molecule has 1 aliphatic heterocycles. The van der Waals surface area contributed by atoms with Crippen LogP contribution in [-0.4, -0.2) is 30.4 Å². The average molecular weight is 253 g/mol. The molecule has 2 N–H and O–H groups in total. The van der Waals surface area contributed by atoms with Crippen molar-refractivity contribution in [1.82, 2.24) is 15.8 Å². The first kappa shape index (κ1) is 12.9. The van der Waals surface area contributed by atoms with Crippen molar-refractivity contribution in [2.75, 3.05) is 13.2 Å². The summed E-state index contributed by atoms with van der Waals surface area (Å²) in [5.74, 6) is 0.743. The summed E-state index contributed by atoms with van der Waals surface area (Å²) in [5.41, 5.74) is 1.74. The van der Waals surface area contributed by atoms with E-state index in [2.05, 4.69) is 15.8 Å². The van der Waals surface area contributed by atoms with E-state index in [9.17, 15) is 4.79 Å². The van der Waals surface area contributed by atoms with Gasteiger partial charge >= 0.3 is 6.03 Å². The molecule has 100 valence electrons. The van der Waals surface area contributed by atoms with Gasteiger partial charge in [-0.1, -0.05) is 5.16 Å². The van der Waals surface area contributed by atoms with Crippen LogP contribution in [0.25, 0.3) is 0 Å². The van der Waals surface area contributed by atoms with E-state index in [-0.39, 0.29) is 12.1 Å². The molecule has 2 amide bonds. The molecule has 18 heavy (non-hydrogen) atoms. The van der Waals surface area contributed by atoms with Crippen LogP contribution in [0, 0.1) is 13.8 Å². The van der Waals surface area contributed by atoms with Gasteiger partial charge in [0.2, 0.25) is 0 Å². The third kappa shape index (κ3) is 3.22. The molecule has 0 spiro atoms. The highest BCUT2D eigenvalue weighted by Crippen LogP contribution is 2.12. The maximum atomic E-state index is 11.6. The lowest BCUT2D eigenvalue weighted by atomic mass is 10.2. The van der Waals surface area contributed by atoms with Crippen LogP contribution in [0.2, 0.25) is 0 Å². The number of ether oxygens (including phenoxy) is 1. The lowest BCUT2D eigenvalue weighted by Crippen LogP contribution is -2.39. The molecule has 0 aromatic carbocycles. The van der Waals surface area contributed by atoms with E-state index in [1.54, 1.807) is 0 Å². The fraction of sp³-hybridized carbons (Fsp3) is 0.667. The van der Waals surface area contributed by atoms with E-state index >= 15 is 0 Å². The van der Waals surface area contributed by atoms with Crippen molar-refractivity contribution in [2.45, 2.75) is 39.3 Å². The Kier molecular flexibility index (Phi) is 4.19. The molecular weight excluding hydrogens is 234 g/mol. The summed E-state index contributed by atoms with van der Waals surface area (Å²) in [6.07, 6.45) is 2.26. The van der Waals surface area contributed by atoms with Crippen LogP contribution in [0.3, 0.4) is 0 Å². The maximum absolute atomic E-state index is 11.6. The summed E-state index contributed by atoms with van der Waals surface area (Å²) in [5, 5.41) is 9.42. The highest BCUT2D eigenvalue weighted by atomic mass is 16.5. The number of aromatic nitrogens is 1. The molecule has 0 bridgehead atoms. The van der Waals surface area contributed by atoms with E-state index in [4.69, 9.17) is 9.26 Å². The van der Waals surface area contributed by atoms with Crippen molar-refractivity contribution in [3.63, 3.8) is 0 Å². The number of rotatable bonds is 4. The number of nitrogens with zero attached hydrogens (tertiary/aromatic N) is 1. The zero-order chi connectivity index (χ0) is 13.0. The molecule has 0 unspecified atom stereocenters. The van der Waals surface area contributed by atoms with E-state index < -0.39 is 0 Å². The van der Waals surface area contributed by atoms with Gasteiger partial charge in [-0.25, -0.2) is 4.79 Å². The van der Waals surface area contributed by atoms with Crippen LogP contribution >= 0.6 is 0 Å². The molecule has 1 aromatic heterocycles. The molecule has 1 aliphatic rings. The summed E-state index contributed by atoms with van der Waals surface area (Å²) in [6.45, 7) is 5.48. The first-order chi connectivity index (χ1) is 8.66. The Hall–Kier alpha value is -1.56. The zero-order valence-corrected chi connectivity index (χ0v) is 10.8. The van der Waals surface area contributed by atoms with Crippen LogP contribution in [0.4, 0.5) is 4.79 Å².